The molecule has 1 N–H and O–H groups in total. The van der Waals surface area contributed by atoms with E-state index < -0.39 is 23.3 Å². The van der Waals surface area contributed by atoms with Crippen LogP contribution in [0.5, 0.6) is 0 Å². The smallest absolute Gasteiger partial charge is 0.408 e. The summed E-state index contributed by atoms with van der Waals surface area (Å²) >= 11 is 0. The molecule has 5 heteroatoms. The van der Waals surface area contributed by atoms with Gasteiger partial charge in [0.15, 0.2) is 5.78 Å². The van der Waals surface area contributed by atoms with Gasteiger partial charge in [-0.25, -0.2) is 4.79 Å². The molecule has 0 saturated carbocycles. The average Bonchev–Trinajstić information content (AvgIpc) is 2.92. The van der Waals surface area contributed by atoms with E-state index in [-0.39, 0.29) is 5.78 Å². The van der Waals surface area contributed by atoms with Crippen LogP contribution in [-0.2, 0) is 14.3 Å². The summed E-state index contributed by atoms with van der Waals surface area (Å²) in [5.41, 5.74) is -1.30. The molecular formula is C14H25NO4. The molecule has 2 unspecified atom stereocenters. The van der Waals surface area contributed by atoms with Gasteiger partial charge in [0.05, 0.1) is 12.6 Å². The second kappa shape index (κ2) is 5.49. The Kier molecular flexibility index (Phi) is 4.61. The standard InChI is InChI=1S/C14H25NO4/c1-9(2)7-10(11(16)14(6)8-18-14)15-12(17)19-13(3,4)5/h9-10H,7-8H2,1-6H3,(H,15,17). The Labute approximate surface area is 115 Å². The number of hydrogen-bond acceptors (Lipinski definition) is 4. The highest BCUT2D eigenvalue weighted by Gasteiger charge is 2.50. The molecule has 0 aromatic carbocycles. The summed E-state index contributed by atoms with van der Waals surface area (Å²) in [6, 6.07) is -0.553. The van der Waals surface area contributed by atoms with E-state index in [1.807, 2.05) is 13.8 Å². The monoisotopic (exact) mass is 271 g/mol. The van der Waals surface area contributed by atoms with Crippen molar-refractivity contribution in [2.24, 2.45) is 5.92 Å². The van der Waals surface area contributed by atoms with Crippen molar-refractivity contribution >= 4 is 11.9 Å². The van der Waals surface area contributed by atoms with Crippen LogP contribution in [0.2, 0.25) is 0 Å². The Bertz CT molecular complexity index is 353. The van der Waals surface area contributed by atoms with Gasteiger partial charge in [-0.15, -0.1) is 0 Å². The molecule has 0 spiro atoms. The van der Waals surface area contributed by atoms with Gasteiger partial charge in [0, 0.05) is 0 Å². The SMILES string of the molecule is CC(C)CC(NC(=O)OC(C)(C)C)C(=O)C1(C)CO1. The number of amides is 1. The Morgan fingerprint density at radius 2 is 1.89 bits per heavy atom. The minimum Gasteiger partial charge on any atom is -0.444 e. The number of hydrogen-bond donors (Lipinski definition) is 1. The molecule has 0 aromatic rings. The van der Waals surface area contributed by atoms with Crippen molar-refractivity contribution < 1.29 is 19.1 Å². The van der Waals surface area contributed by atoms with E-state index in [1.54, 1.807) is 27.7 Å². The molecule has 5 nitrogen and oxygen atoms in total. The van der Waals surface area contributed by atoms with Gasteiger partial charge in [0.25, 0.3) is 0 Å². The maximum Gasteiger partial charge on any atom is 0.408 e. The number of ketones is 1. The Morgan fingerprint density at radius 3 is 2.26 bits per heavy atom. The Balaban J connectivity index is 2.64. The first-order valence-corrected chi connectivity index (χ1v) is 6.71. The predicted octanol–water partition coefficient (Wildman–Crippen LogP) is 2.28. The van der Waals surface area contributed by atoms with Gasteiger partial charge in [-0.3, -0.25) is 4.79 Å². The number of alkyl carbamates (subject to hydrolysis) is 1. The van der Waals surface area contributed by atoms with Gasteiger partial charge in [-0.2, -0.15) is 0 Å². The zero-order chi connectivity index (χ0) is 14.8. The molecule has 2 atom stereocenters. The third kappa shape index (κ3) is 5.19. The molecule has 1 amide bonds. The third-order valence-electron chi connectivity index (χ3n) is 2.81. The highest BCUT2D eigenvalue weighted by atomic mass is 16.6. The van der Waals surface area contributed by atoms with E-state index in [2.05, 4.69) is 5.32 Å². The van der Waals surface area contributed by atoms with Crippen LogP contribution in [0.25, 0.3) is 0 Å². The van der Waals surface area contributed by atoms with Gasteiger partial charge >= 0.3 is 6.09 Å². The van der Waals surface area contributed by atoms with E-state index in [9.17, 15) is 9.59 Å². The van der Waals surface area contributed by atoms with Gasteiger partial charge in [-0.1, -0.05) is 13.8 Å². The van der Waals surface area contributed by atoms with Gasteiger partial charge in [-0.05, 0) is 40.0 Å². The molecule has 0 radical (unpaired) electrons. The van der Waals surface area contributed by atoms with Crippen LogP contribution in [-0.4, -0.2) is 35.7 Å². The summed E-state index contributed by atoms with van der Waals surface area (Å²) in [4.78, 5) is 24.0. The second-order valence-corrected chi connectivity index (χ2v) is 6.71. The summed E-state index contributed by atoms with van der Waals surface area (Å²) in [5.74, 6) is 0.221. The number of epoxide rings is 1. The molecule has 110 valence electrons. The summed E-state index contributed by atoms with van der Waals surface area (Å²) in [7, 11) is 0. The quantitative estimate of drug-likeness (QED) is 0.779. The number of rotatable bonds is 5. The molecule has 0 aromatic heterocycles. The zero-order valence-electron chi connectivity index (χ0n) is 12.7. The number of carbonyl (C=O) groups excluding carboxylic acids is 2. The van der Waals surface area contributed by atoms with Crippen molar-refractivity contribution in [1.82, 2.24) is 5.32 Å². The lowest BCUT2D eigenvalue weighted by atomic mass is 9.93. The minimum atomic E-state index is -0.728. The predicted molar refractivity (Wildman–Crippen MR) is 72.0 cm³/mol. The summed E-state index contributed by atoms with van der Waals surface area (Å²) < 4.78 is 10.4. The van der Waals surface area contributed by atoms with Crippen LogP contribution in [0, 0.1) is 5.92 Å². The summed E-state index contributed by atoms with van der Waals surface area (Å²) in [6.07, 6.45) is 0.0209. The molecule has 1 aliphatic heterocycles. The van der Waals surface area contributed by atoms with Crippen molar-refractivity contribution in [2.75, 3.05) is 6.61 Å². The number of Topliss-reactive ketones (excluding diaryl/α,β-unsaturated/α-hetero) is 1. The van der Waals surface area contributed by atoms with Gasteiger partial charge in [0.2, 0.25) is 0 Å². The van der Waals surface area contributed by atoms with Gasteiger partial charge < -0.3 is 14.8 Å². The Hall–Kier alpha value is -1.10. The van der Waals surface area contributed by atoms with Crippen LogP contribution in [0.1, 0.15) is 48.0 Å². The van der Waals surface area contributed by atoms with Gasteiger partial charge in [0.1, 0.15) is 11.2 Å². The number of carbonyl (C=O) groups is 2. The average molecular weight is 271 g/mol. The first-order chi connectivity index (χ1) is 8.53. The largest absolute Gasteiger partial charge is 0.444 e. The van der Waals surface area contributed by atoms with Crippen molar-refractivity contribution in [1.29, 1.82) is 0 Å². The fourth-order valence-corrected chi connectivity index (χ4v) is 1.77. The summed E-state index contributed by atoms with van der Waals surface area (Å²) in [5, 5.41) is 2.66. The number of nitrogens with one attached hydrogen (secondary N) is 1. The molecule has 0 bridgehead atoms. The van der Waals surface area contributed by atoms with Crippen molar-refractivity contribution in [2.45, 2.75) is 65.2 Å². The first-order valence-electron chi connectivity index (χ1n) is 6.71. The lowest BCUT2D eigenvalue weighted by Gasteiger charge is -2.24. The third-order valence-corrected chi connectivity index (χ3v) is 2.81. The van der Waals surface area contributed by atoms with Crippen molar-refractivity contribution in [3.63, 3.8) is 0 Å². The van der Waals surface area contributed by atoms with E-state index in [0.717, 1.165) is 0 Å². The lowest BCUT2D eigenvalue weighted by molar-refractivity contribution is -0.126. The molecule has 1 saturated heterocycles. The zero-order valence-corrected chi connectivity index (χ0v) is 12.7. The molecule has 19 heavy (non-hydrogen) atoms. The van der Waals surface area contributed by atoms with Crippen LogP contribution in [0.4, 0.5) is 4.79 Å². The van der Waals surface area contributed by atoms with E-state index in [4.69, 9.17) is 9.47 Å². The van der Waals surface area contributed by atoms with E-state index in [0.29, 0.717) is 18.9 Å². The van der Waals surface area contributed by atoms with Crippen molar-refractivity contribution in [3.05, 3.63) is 0 Å². The Morgan fingerprint density at radius 1 is 1.37 bits per heavy atom. The topological polar surface area (TPSA) is 67.9 Å². The normalized spacial score (nSPS) is 23.9. The molecule has 0 aliphatic carbocycles. The molecular weight excluding hydrogens is 246 g/mol. The van der Waals surface area contributed by atoms with E-state index >= 15 is 0 Å². The van der Waals surface area contributed by atoms with Crippen LogP contribution in [0.3, 0.4) is 0 Å². The fourth-order valence-electron chi connectivity index (χ4n) is 1.77. The fraction of sp³-hybridized carbons (Fsp3) is 0.857. The van der Waals surface area contributed by atoms with E-state index in [1.165, 1.54) is 0 Å². The molecule has 1 heterocycles. The highest BCUT2D eigenvalue weighted by Crippen LogP contribution is 2.29. The maximum absolute atomic E-state index is 12.3. The van der Waals surface area contributed by atoms with Crippen LogP contribution < -0.4 is 5.32 Å². The first kappa shape index (κ1) is 16.0. The maximum atomic E-state index is 12.3. The second-order valence-electron chi connectivity index (χ2n) is 6.71. The highest BCUT2D eigenvalue weighted by molar-refractivity contribution is 5.95. The minimum absolute atomic E-state index is 0.0768. The van der Waals surface area contributed by atoms with Crippen LogP contribution in [0.15, 0.2) is 0 Å². The molecule has 1 fully saturated rings. The molecule has 1 rings (SSSR count). The van der Waals surface area contributed by atoms with Crippen molar-refractivity contribution in [3.8, 4) is 0 Å². The lowest BCUT2D eigenvalue weighted by Crippen LogP contribution is -2.48. The summed E-state index contributed by atoms with van der Waals surface area (Å²) in [6.45, 7) is 11.6. The number of ether oxygens (including phenoxy) is 2. The van der Waals surface area contributed by atoms with Crippen LogP contribution >= 0.6 is 0 Å². The molecule has 1 aliphatic rings.